The maximum atomic E-state index is 11.8. The lowest BCUT2D eigenvalue weighted by Gasteiger charge is -2.12. The van der Waals surface area contributed by atoms with E-state index >= 15 is 0 Å². The van der Waals surface area contributed by atoms with Crippen molar-refractivity contribution >= 4 is 28.7 Å². The number of carbonyl (C=O) groups is 1. The van der Waals surface area contributed by atoms with Gasteiger partial charge in [-0.2, -0.15) is 4.98 Å². The summed E-state index contributed by atoms with van der Waals surface area (Å²) in [6.07, 6.45) is 1.37. The van der Waals surface area contributed by atoms with Crippen LogP contribution in [0.4, 0.5) is 0 Å². The molecule has 0 spiro atoms. The van der Waals surface area contributed by atoms with Gasteiger partial charge in [-0.3, -0.25) is 4.79 Å². The average molecular weight is 284 g/mol. The zero-order valence-electron chi connectivity index (χ0n) is 10.9. The van der Waals surface area contributed by atoms with Gasteiger partial charge >= 0.3 is 0 Å². The van der Waals surface area contributed by atoms with Crippen molar-refractivity contribution in [1.82, 2.24) is 24.4 Å². The Morgan fingerprint density at radius 2 is 2.21 bits per heavy atom. The molecule has 0 unspecified atom stereocenters. The number of fused-ring (bicyclic) bond motifs is 1. The number of halogens is 1. The van der Waals surface area contributed by atoms with Crippen molar-refractivity contribution in [2.45, 2.75) is 12.4 Å². The third-order valence-corrected chi connectivity index (χ3v) is 2.92. The topological polar surface area (TPSA) is 73.1 Å². The highest BCUT2D eigenvalue weighted by atomic mass is 35.5. The van der Waals surface area contributed by atoms with E-state index in [2.05, 4.69) is 15.0 Å². The van der Waals surface area contributed by atoms with E-state index in [1.807, 2.05) is 0 Å². The van der Waals surface area contributed by atoms with E-state index in [0.717, 1.165) is 0 Å². The number of rotatable bonds is 4. The van der Waals surface area contributed by atoms with Crippen molar-refractivity contribution in [2.24, 2.45) is 0 Å². The molecular formula is C11H14ClN5O2. The van der Waals surface area contributed by atoms with Crippen molar-refractivity contribution in [3.05, 3.63) is 12.2 Å². The molecule has 0 saturated heterocycles. The summed E-state index contributed by atoms with van der Waals surface area (Å²) in [6.45, 7) is 0.131. The number of aromatic nitrogens is 4. The molecule has 0 atom stereocenters. The molecule has 0 aliphatic rings. The number of hydrogen-bond donors (Lipinski definition) is 0. The van der Waals surface area contributed by atoms with Crippen LogP contribution in [0.3, 0.4) is 0 Å². The van der Waals surface area contributed by atoms with Crippen LogP contribution < -0.4 is 4.74 Å². The number of likely N-dealkylation sites (N-methyl/N-ethyl adjacent to an activating group) is 1. The quantitative estimate of drug-likeness (QED) is 0.771. The molecular weight excluding hydrogens is 270 g/mol. The molecule has 19 heavy (non-hydrogen) atoms. The smallest absolute Gasteiger partial charge is 0.245 e. The Kier molecular flexibility index (Phi) is 3.84. The SMILES string of the molecule is COc1ncnc2c1nc(CCl)n2CC(=O)N(C)C. The highest BCUT2D eigenvalue weighted by molar-refractivity contribution is 6.16. The van der Waals surface area contributed by atoms with E-state index in [-0.39, 0.29) is 18.3 Å². The summed E-state index contributed by atoms with van der Waals surface area (Å²) in [6, 6.07) is 0. The molecule has 2 rings (SSSR count). The van der Waals surface area contributed by atoms with Gasteiger partial charge < -0.3 is 14.2 Å². The molecule has 2 heterocycles. The molecule has 8 heteroatoms. The van der Waals surface area contributed by atoms with Gasteiger partial charge in [-0.1, -0.05) is 0 Å². The molecule has 0 aliphatic heterocycles. The highest BCUT2D eigenvalue weighted by Gasteiger charge is 2.18. The summed E-state index contributed by atoms with van der Waals surface area (Å²) >= 11 is 5.86. The van der Waals surface area contributed by atoms with Gasteiger partial charge in [0.05, 0.1) is 13.0 Å². The number of alkyl halides is 1. The summed E-state index contributed by atoms with van der Waals surface area (Å²) < 4.78 is 6.80. The number of nitrogens with zero attached hydrogens (tertiary/aromatic N) is 5. The van der Waals surface area contributed by atoms with Crippen LogP contribution in [0.1, 0.15) is 5.82 Å². The fraction of sp³-hybridized carbons (Fsp3) is 0.455. The van der Waals surface area contributed by atoms with Gasteiger partial charge in [-0.25, -0.2) is 9.97 Å². The van der Waals surface area contributed by atoms with Crippen LogP contribution in [0.15, 0.2) is 6.33 Å². The average Bonchev–Trinajstić information content (AvgIpc) is 2.76. The fourth-order valence-corrected chi connectivity index (χ4v) is 1.86. The molecule has 0 aromatic carbocycles. The van der Waals surface area contributed by atoms with E-state index < -0.39 is 0 Å². The second kappa shape index (κ2) is 5.40. The van der Waals surface area contributed by atoms with Crippen molar-refractivity contribution < 1.29 is 9.53 Å². The maximum absolute atomic E-state index is 11.8. The van der Waals surface area contributed by atoms with Gasteiger partial charge in [0.25, 0.3) is 0 Å². The zero-order chi connectivity index (χ0) is 14.0. The van der Waals surface area contributed by atoms with Crippen LogP contribution in [0.25, 0.3) is 11.2 Å². The first kappa shape index (κ1) is 13.5. The molecule has 0 saturated carbocycles. The summed E-state index contributed by atoms with van der Waals surface area (Å²) in [4.78, 5) is 25.8. The van der Waals surface area contributed by atoms with E-state index in [9.17, 15) is 4.79 Å². The minimum atomic E-state index is -0.0664. The predicted molar refractivity (Wildman–Crippen MR) is 70.1 cm³/mol. The Hall–Kier alpha value is -1.89. The lowest BCUT2D eigenvalue weighted by atomic mass is 10.5. The molecule has 2 aromatic heterocycles. The lowest BCUT2D eigenvalue weighted by molar-refractivity contribution is -0.129. The first-order valence-electron chi connectivity index (χ1n) is 5.58. The van der Waals surface area contributed by atoms with Crippen LogP contribution in [0.2, 0.25) is 0 Å². The second-order valence-electron chi connectivity index (χ2n) is 4.09. The summed E-state index contributed by atoms with van der Waals surface area (Å²) in [5, 5.41) is 0. The van der Waals surface area contributed by atoms with Crippen LogP contribution in [0, 0.1) is 0 Å². The van der Waals surface area contributed by atoms with Gasteiger partial charge in [-0.15, -0.1) is 11.6 Å². The van der Waals surface area contributed by atoms with Crippen molar-refractivity contribution in [2.75, 3.05) is 21.2 Å². The minimum absolute atomic E-state index is 0.0664. The Balaban J connectivity index is 2.55. The number of hydrogen-bond acceptors (Lipinski definition) is 5. The van der Waals surface area contributed by atoms with Gasteiger partial charge in [0.1, 0.15) is 18.7 Å². The second-order valence-corrected chi connectivity index (χ2v) is 4.36. The molecule has 0 bridgehead atoms. The largest absolute Gasteiger partial charge is 0.479 e. The first-order chi connectivity index (χ1) is 9.08. The van der Waals surface area contributed by atoms with Gasteiger partial charge in [0, 0.05) is 14.1 Å². The maximum Gasteiger partial charge on any atom is 0.245 e. The Labute approximate surface area is 115 Å². The number of ether oxygens (including phenoxy) is 1. The van der Waals surface area contributed by atoms with Gasteiger partial charge in [0.2, 0.25) is 11.8 Å². The normalized spacial score (nSPS) is 10.7. The molecule has 7 nitrogen and oxygen atoms in total. The molecule has 0 fully saturated rings. The number of imidazole rings is 1. The molecule has 0 N–H and O–H groups in total. The molecule has 1 amide bonds. The number of amides is 1. The van der Waals surface area contributed by atoms with Gasteiger partial charge in [-0.05, 0) is 0 Å². The van der Waals surface area contributed by atoms with E-state index in [1.54, 1.807) is 18.7 Å². The summed E-state index contributed by atoms with van der Waals surface area (Å²) in [5.41, 5.74) is 1.05. The monoisotopic (exact) mass is 283 g/mol. The number of methoxy groups -OCH3 is 1. The van der Waals surface area contributed by atoms with Crippen LogP contribution in [-0.2, 0) is 17.2 Å². The van der Waals surface area contributed by atoms with Gasteiger partial charge in [0.15, 0.2) is 11.2 Å². The standard InChI is InChI=1S/C11H14ClN5O2/c1-16(2)8(18)5-17-7(4-12)15-9-10(17)13-6-14-11(9)19-3/h6H,4-5H2,1-3H3. The third kappa shape index (κ3) is 2.46. The van der Waals surface area contributed by atoms with Crippen molar-refractivity contribution in [3.63, 3.8) is 0 Å². The Bertz CT molecular complexity index is 610. The van der Waals surface area contributed by atoms with E-state index in [0.29, 0.717) is 22.9 Å². The molecule has 0 aliphatic carbocycles. The third-order valence-electron chi connectivity index (χ3n) is 2.68. The van der Waals surface area contributed by atoms with Crippen LogP contribution >= 0.6 is 11.6 Å². The van der Waals surface area contributed by atoms with Crippen LogP contribution in [-0.4, -0.2) is 51.5 Å². The lowest BCUT2D eigenvalue weighted by Crippen LogP contribution is -2.27. The minimum Gasteiger partial charge on any atom is -0.479 e. The van der Waals surface area contributed by atoms with Crippen LogP contribution in [0.5, 0.6) is 5.88 Å². The number of carbonyl (C=O) groups excluding carboxylic acids is 1. The van der Waals surface area contributed by atoms with Crippen molar-refractivity contribution in [3.8, 4) is 5.88 Å². The Morgan fingerprint density at radius 1 is 1.47 bits per heavy atom. The van der Waals surface area contributed by atoms with Crippen molar-refractivity contribution in [1.29, 1.82) is 0 Å². The molecule has 102 valence electrons. The fourth-order valence-electron chi connectivity index (χ4n) is 1.66. The predicted octanol–water partition coefficient (Wildman–Crippen LogP) is 0.662. The summed E-state index contributed by atoms with van der Waals surface area (Å²) in [5.74, 6) is 1.04. The first-order valence-corrected chi connectivity index (χ1v) is 6.12. The zero-order valence-corrected chi connectivity index (χ0v) is 11.7. The Morgan fingerprint density at radius 3 is 2.79 bits per heavy atom. The highest BCUT2D eigenvalue weighted by Crippen LogP contribution is 2.22. The summed E-state index contributed by atoms with van der Waals surface area (Å²) in [7, 11) is 4.89. The van der Waals surface area contributed by atoms with E-state index in [4.69, 9.17) is 16.3 Å². The molecule has 2 aromatic rings. The van der Waals surface area contributed by atoms with E-state index in [1.165, 1.54) is 18.3 Å². The molecule has 0 radical (unpaired) electrons.